The van der Waals surface area contributed by atoms with Crippen LogP contribution >= 0.6 is 0 Å². The van der Waals surface area contributed by atoms with Crippen molar-refractivity contribution in [2.45, 2.75) is 30.2 Å². The number of ether oxygens (including phenoxy) is 1. The van der Waals surface area contributed by atoms with Gasteiger partial charge in [0.25, 0.3) is 0 Å². The molecule has 3 aliphatic carbocycles. The molecule has 4 aromatic rings. The Morgan fingerprint density at radius 1 is 1.19 bits per heavy atom. The summed E-state index contributed by atoms with van der Waals surface area (Å²) in [5, 5.41) is 26.8. The molecule has 37 heavy (non-hydrogen) atoms. The SMILES string of the molecule is COc1cc2[nH]nc(-c3ccc([C@@]45CN(CCO)C6C4[C@H]65)cc3)c2nc1-c1cccc2c1CCC2C#N. The number of benzene rings is 2. The molecule has 2 N–H and O–H groups in total. The van der Waals surface area contributed by atoms with Crippen LogP contribution in [0.1, 0.15) is 29.0 Å². The van der Waals surface area contributed by atoms with Gasteiger partial charge in [-0.3, -0.25) is 10.00 Å². The Morgan fingerprint density at radius 2 is 2.03 bits per heavy atom. The first-order valence-corrected chi connectivity index (χ1v) is 13.1. The zero-order valence-corrected chi connectivity index (χ0v) is 20.6. The third-order valence-corrected chi connectivity index (χ3v) is 9.43. The van der Waals surface area contributed by atoms with E-state index in [-0.39, 0.29) is 12.5 Å². The van der Waals surface area contributed by atoms with Gasteiger partial charge in [0.05, 0.1) is 31.2 Å². The maximum atomic E-state index is 9.58. The summed E-state index contributed by atoms with van der Waals surface area (Å²) in [6.07, 6.45) is 1.71. The first kappa shape index (κ1) is 21.4. The molecule has 7 heteroatoms. The van der Waals surface area contributed by atoms with Crippen LogP contribution in [0.3, 0.4) is 0 Å². The van der Waals surface area contributed by atoms with Gasteiger partial charge in [-0.1, -0.05) is 42.5 Å². The Balaban J connectivity index is 1.17. The Bertz CT molecular complexity index is 1610. The molecule has 5 atom stereocenters. The van der Waals surface area contributed by atoms with Crippen LogP contribution in [0.15, 0.2) is 48.5 Å². The van der Waals surface area contributed by atoms with E-state index in [0.29, 0.717) is 17.2 Å². The summed E-state index contributed by atoms with van der Waals surface area (Å²) in [7, 11) is 1.67. The van der Waals surface area contributed by atoms with E-state index in [0.717, 1.165) is 76.9 Å². The van der Waals surface area contributed by atoms with E-state index in [2.05, 4.69) is 57.6 Å². The number of nitriles is 1. The Hall–Kier alpha value is -3.73. The molecule has 2 saturated carbocycles. The molecule has 9 rings (SSSR count). The molecule has 0 spiro atoms. The number of hydrogen-bond donors (Lipinski definition) is 2. The molecule has 2 aromatic carbocycles. The maximum Gasteiger partial charge on any atom is 0.147 e. The van der Waals surface area contributed by atoms with Crippen molar-refractivity contribution in [1.82, 2.24) is 20.1 Å². The fraction of sp³-hybridized carbons (Fsp3) is 0.367. The van der Waals surface area contributed by atoms with Gasteiger partial charge in [0.2, 0.25) is 0 Å². The van der Waals surface area contributed by atoms with Gasteiger partial charge in [0.1, 0.15) is 22.7 Å². The Kier molecular flexibility index (Phi) is 4.28. The molecule has 0 amide bonds. The second-order valence-corrected chi connectivity index (χ2v) is 11.0. The summed E-state index contributed by atoms with van der Waals surface area (Å²) >= 11 is 0. The van der Waals surface area contributed by atoms with Crippen molar-refractivity contribution in [3.05, 3.63) is 65.2 Å². The summed E-state index contributed by atoms with van der Waals surface area (Å²) in [6.45, 7) is 2.09. The second-order valence-electron chi connectivity index (χ2n) is 11.0. The number of aliphatic hydroxyl groups is 1. The minimum atomic E-state index is -0.0597. The number of nitrogens with zero attached hydrogens (tertiary/aromatic N) is 4. The molecule has 2 saturated heterocycles. The van der Waals surface area contributed by atoms with E-state index in [1.807, 2.05) is 12.1 Å². The van der Waals surface area contributed by atoms with Crippen molar-refractivity contribution in [2.75, 3.05) is 26.8 Å². The number of aliphatic hydroxyl groups excluding tert-OH is 1. The smallest absolute Gasteiger partial charge is 0.147 e. The van der Waals surface area contributed by atoms with Crippen molar-refractivity contribution in [1.29, 1.82) is 5.26 Å². The van der Waals surface area contributed by atoms with E-state index < -0.39 is 0 Å². The number of aromatic amines is 1. The third kappa shape index (κ3) is 2.72. The topological polar surface area (TPSA) is 98.1 Å². The number of fused-ring (bicyclic) bond motifs is 3. The average molecular weight is 490 g/mol. The summed E-state index contributed by atoms with van der Waals surface area (Å²) in [5.74, 6) is 2.19. The number of nitrogens with one attached hydrogen (secondary N) is 1. The van der Waals surface area contributed by atoms with Crippen LogP contribution in [-0.2, 0) is 11.8 Å². The van der Waals surface area contributed by atoms with E-state index in [9.17, 15) is 10.4 Å². The van der Waals surface area contributed by atoms with Gasteiger partial charge in [0.15, 0.2) is 0 Å². The van der Waals surface area contributed by atoms with Crippen molar-refractivity contribution in [2.24, 2.45) is 11.8 Å². The van der Waals surface area contributed by atoms with Crippen LogP contribution in [0.5, 0.6) is 5.75 Å². The van der Waals surface area contributed by atoms with Gasteiger partial charge in [-0.05, 0) is 41.4 Å². The zero-order valence-electron chi connectivity index (χ0n) is 20.6. The Morgan fingerprint density at radius 3 is 2.78 bits per heavy atom. The van der Waals surface area contributed by atoms with Gasteiger partial charge in [-0.15, -0.1) is 0 Å². The quantitative estimate of drug-likeness (QED) is 0.424. The minimum absolute atomic E-state index is 0.0597. The molecule has 7 nitrogen and oxygen atoms in total. The highest BCUT2D eigenvalue weighted by molar-refractivity contribution is 5.93. The fourth-order valence-corrected chi connectivity index (χ4v) is 7.65. The lowest BCUT2D eigenvalue weighted by Crippen LogP contribution is -2.25. The average Bonchev–Trinajstić information content (AvgIpc) is 3.50. The van der Waals surface area contributed by atoms with Crippen molar-refractivity contribution >= 4 is 11.0 Å². The first-order valence-electron chi connectivity index (χ1n) is 13.1. The van der Waals surface area contributed by atoms with Gasteiger partial charge in [0, 0.05) is 41.7 Å². The predicted molar refractivity (Wildman–Crippen MR) is 139 cm³/mol. The molecule has 4 fully saturated rings. The highest BCUT2D eigenvalue weighted by Crippen LogP contribution is 2.83. The number of aromatic nitrogens is 3. The van der Waals surface area contributed by atoms with Crippen LogP contribution in [0.4, 0.5) is 0 Å². The lowest BCUT2D eigenvalue weighted by atomic mass is 9.87. The van der Waals surface area contributed by atoms with E-state index in [1.54, 1.807) is 7.11 Å². The third-order valence-electron chi connectivity index (χ3n) is 9.43. The van der Waals surface area contributed by atoms with Crippen LogP contribution in [-0.4, -0.2) is 58.0 Å². The molecule has 5 aliphatic rings. The summed E-state index contributed by atoms with van der Waals surface area (Å²) < 4.78 is 5.76. The van der Waals surface area contributed by atoms with Gasteiger partial charge in [-0.2, -0.15) is 10.4 Å². The molecule has 0 radical (unpaired) electrons. The number of rotatable bonds is 6. The first-order chi connectivity index (χ1) is 18.2. The van der Waals surface area contributed by atoms with E-state index >= 15 is 0 Å². The van der Waals surface area contributed by atoms with Gasteiger partial charge < -0.3 is 9.84 Å². The van der Waals surface area contributed by atoms with E-state index in [1.165, 1.54) is 11.1 Å². The van der Waals surface area contributed by atoms with E-state index in [4.69, 9.17) is 9.72 Å². The second kappa shape index (κ2) is 7.41. The summed E-state index contributed by atoms with van der Waals surface area (Å²) in [4.78, 5) is 7.57. The lowest BCUT2D eigenvalue weighted by molar-refractivity contribution is 0.214. The number of methoxy groups -OCH3 is 1. The van der Waals surface area contributed by atoms with Crippen molar-refractivity contribution in [3.8, 4) is 34.3 Å². The minimum Gasteiger partial charge on any atom is -0.494 e. The number of hydrogen-bond acceptors (Lipinski definition) is 6. The summed E-state index contributed by atoms with van der Waals surface area (Å²) in [6, 6.07) is 20.1. The lowest BCUT2D eigenvalue weighted by Gasteiger charge is -2.16. The highest BCUT2D eigenvalue weighted by Gasteiger charge is 2.90. The zero-order chi connectivity index (χ0) is 24.9. The molecule has 2 bridgehead atoms. The standard InChI is InChI=1S/C30H27N5O2/c1-37-23-13-22-28(32-27(23)21-4-2-3-19-17(14-31)7-10-20(19)21)26(34-33-22)16-5-8-18(9-6-16)30-15-35(11-12-36)29-24(30)25(29)30/h2-6,8-9,13,17,24-25,29,36H,7,10-12,15H2,1H3,(H,33,34)/t17?,24-,25?,29?,30-/m1/s1. The number of piperidine rings is 1. The van der Waals surface area contributed by atoms with Gasteiger partial charge in [-0.25, -0.2) is 4.98 Å². The largest absolute Gasteiger partial charge is 0.494 e. The Labute approximate surface area is 214 Å². The van der Waals surface area contributed by atoms with Gasteiger partial charge >= 0.3 is 0 Å². The maximum absolute atomic E-state index is 9.58. The normalized spacial score (nSPS) is 28.7. The molecule has 2 aliphatic heterocycles. The van der Waals surface area contributed by atoms with Crippen LogP contribution < -0.4 is 4.74 Å². The van der Waals surface area contributed by atoms with Crippen LogP contribution in [0.2, 0.25) is 0 Å². The van der Waals surface area contributed by atoms with Crippen molar-refractivity contribution < 1.29 is 9.84 Å². The fourth-order valence-electron chi connectivity index (χ4n) is 7.65. The molecule has 2 aromatic heterocycles. The molecule has 3 unspecified atom stereocenters. The molecule has 184 valence electrons. The molecular formula is C30H27N5O2. The monoisotopic (exact) mass is 489 g/mol. The number of H-pyrrole nitrogens is 1. The molecule has 4 heterocycles. The predicted octanol–water partition coefficient (Wildman–Crippen LogP) is 4.03. The number of pyridine rings is 1. The highest BCUT2D eigenvalue weighted by atomic mass is 16.5. The molecular weight excluding hydrogens is 462 g/mol. The summed E-state index contributed by atoms with van der Waals surface area (Å²) in [5.41, 5.74) is 9.36. The van der Waals surface area contributed by atoms with Crippen LogP contribution in [0.25, 0.3) is 33.5 Å². The van der Waals surface area contributed by atoms with Crippen LogP contribution in [0, 0.1) is 23.2 Å². The van der Waals surface area contributed by atoms with Crippen molar-refractivity contribution in [3.63, 3.8) is 0 Å².